The first-order valence-electron chi connectivity index (χ1n) is 14.3. The molecule has 0 aliphatic rings. The molecule has 8 rings (SSSR count). The van der Waals surface area contributed by atoms with Gasteiger partial charge in [-0.2, -0.15) is 0 Å². The van der Waals surface area contributed by atoms with Crippen LogP contribution in [-0.4, -0.2) is 4.57 Å². The van der Waals surface area contributed by atoms with Crippen LogP contribution in [0.25, 0.3) is 77.1 Å². The Bertz CT molecular complexity index is 2220. The first-order chi connectivity index (χ1) is 20.2. The highest BCUT2D eigenvalue weighted by atomic mass is 16.3. The van der Waals surface area contributed by atoms with Crippen LogP contribution >= 0.6 is 0 Å². The van der Waals surface area contributed by atoms with Gasteiger partial charge in [-0.25, -0.2) is 0 Å². The number of rotatable bonds is 4. The molecule has 0 aliphatic heterocycles. The summed E-state index contributed by atoms with van der Waals surface area (Å²) in [5, 5.41) is 4.83. The summed E-state index contributed by atoms with van der Waals surface area (Å²) in [4.78, 5) is 0. The fraction of sp³-hybridized carbons (Fsp3) is 0.0769. The molecule has 2 aromatic heterocycles. The van der Waals surface area contributed by atoms with Gasteiger partial charge in [-0.3, -0.25) is 0 Å². The van der Waals surface area contributed by atoms with Gasteiger partial charge in [0.1, 0.15) is 11.2 Å². The molecule has 0 bridgehead atoms. The van der Waals surface area contributed by atoms with Crippen molar-refractivity contribution in [1.29, 1.82) is 0 Å². The van der Waals surface area contributed by atoms with Gasteiger partial charge in [0.15, 0.2) is 0 Å². The lowest BCUT2D eigenvalue weighted by atomic mass is 9.98. The van der Waals surface area contributed by atoms with Crippen molar-refractivity contribution in [1.82, 2.24) is 4.57 Å². The summed E-state index contributed by atoms with van der Waals surface area (Å²) in [5.41, 5.74) is 11.4. The highest BCUT2D eigenvalue weighted by Gasteiger charge is 2.18. The van der Waals surface area contributed by atoms with Crippen LogP contribution in [0.15, 0.2) is 138 Å². The molecule has 2 heterocycles. The van der Waals surface area contributed by atoms with Crippen molar-refractivity contribution in [3.05, 3.63) is 133 Å². The van der Waals surface area contributed by atoms with Crippen LogP contribution in [0.5, 0.6) is 0 Å². The van der Waals surface area contributed by atoms with Crippen LogP contribution in [0.1, 0.15) is 19.9 Å². The summed E-state index contributed by atoms with van der Waals surface area (Å²) in [5.74, 6) is 0. The average Bonchev–Trinajstić information content (AvgIpc) is 3.57. The second-order valence-electron chi connectivity index (χ2n) is 11.1. The Kier molecular flexibility index (Phi) is 5.36. The third-order valence-electron chi connectivity index (χ3n) is 8.35. The van der Waals surface area contributed by atoms with Crippen LogP contribution in [0.2, 0.25) is 0 Å². The summed E-state index contributed by atoms with van der Waals surface area (Å²) in [6, 6.07) is 48.2. The largest absolute Gasteiger partial charge is 0.455 e. The number of benzene rings is 6. The van der Waals surface area contributed by atoms with Gasteiger partial charge in [0.05, 0.1) is 0 Å². The molecule has 0 amide bonds. The van der Waals surface area contributed by atoms with Gasteiger partial charge >= 0.3 is 0 Å². The average molecular weight is 528 g/mol. The molecule has 0 fully saturated rings. The van der Waals surface area contributed by atoms with Gasteiger partial charge in [-0.1, -0.05) is 109 Å². The maximum atomic E-state index is 6.74. The van der Waals surface area contributed by atoms with E-state index < -0.39 is 0 Å². The predicted molar refractivity (Wildman–Crippen MR) is 173 cm³/mol. The molecule has 0 spiro atoms. The second-order valence-corrected chi connectivity index (χ2v) is 11.1. The topological polar surface area (TPSA) is 18.1 Å². The maximum Gasteiger partial charge on any atom is 0.143 e. The molecular weight excluding hydrogens is 498 g/mol. The summed E-state index contributed by atoms with van der Waals surface area (Å²) < 4.78 is 9.19. The highest BCUT2D eigenvalue weighted by Crippen LogP contribution is 2.42. The van der Waals surface area contributed by atoms with E-state index in [0.717, 1.165) is 44.2 Å². The van der Waals surface area contributed by atoms with Crippen molar-refractivity contribution in [3.63, 3.8) is 0 Å². The zero-order valence-electron chi connectivity index (χ0n) is 23.1. The summed E-state index contributed by atoms with van der Waals surface area (Å²) in [6.45, 7) is 4.52. The van der Waals surface area contributed by atoms with Crippen LogP contribution < -0.4 is 0 Å². The summed E-state index contributed by atoms with van der Waals surface area (Å²) >= 11 is 0. The van der Waals surface area contributed by atoms with Gasteiger partial charge in [-0.15, -0.1) is 0 Å². The predicted octanol–water partition coefficient (Wildman–Crippen LogP) is 11.3. The fourth-order valence-electron chi connectivity index (χ4n) is 6.48. The number of hydrogen-bond acceptors (Lipinski definition) is 1. The molecule has 0 saturated heterocycles. The first-order valence-corrected chi connectivity index (χ1v) is 14.3. The molecule has 0 radical (unpaired) electrons. The molecule has 0 atom stereocenters. The lowest BCUT2D eigenvalue weighted by molar-refractivity contribution is 0.642. The normalized spacial score (nSPS) is 11.9. The highest BCUT2D eigenvalue weighted by molar-refractivity contribution is 6.15. The molecular formula is C39H29NO. The van der Waals surface area contributed by atoms with Crippen molar-refractivity contribution >= 4 is 43.7 Å². The van der Waals surface area contributed by atoms with E-state index >= 15 is 0 Å². The van der Waals surface area contributed by atoms with Crippen molar-refractivity contribution in [3.8, 4) is 33.4 Å². The van der Waals surface area contributed by atoms with Gasteiger partial charge < -0.3 is 8.98 Å². The van der Waals surface area contributed by atoms with E-state index in [0.29, 0.717) is 6.04 Å². The van der Waals surface area contributed by atoms with E-state index in [4.69, 9.17) is 4.42 Å². The Morgan fingerprint density at radius 3 is 1.54 bits per heavy atom. The molecule has 8 aromatic rings. The number of fused-ring (bicyclic) bond motifs is 6. The Balaban J connectivity index is 1.37. The van der Waals surface area contributed by atoms with E-state index in [1.165, 1.54) is 32.9 Å². The summed E-state index contributed by atoms with van der Waals surface area (Å²) in [6.07, 6.45) is 0. The van der Waals surface area contributed by atoms with E-state index in [2.05, 4.69) is 152 Å². The Morgan fingerprint density at radius 2 is 0.951 bits per heavy atom. The lowest BCUT2D eigenvalue weighted by Crippen LogP contribution is -1.99. The number of hydrogen-bond donors (Lipinski definition) is 0. The van der Waals surface area contributed by atoms with Gasteiger partial charge in [0, 0.05) is 49.7 Å². The van der Waals surface area contributed by atoms with E-state index in [1.54, 1.807) is 0 Å². The standard InChI is InChI=1S/C39H29NO/c1-25(2)40-36-21-19-28(26-11-5-3-6-12-26)23-34(36)35-24-29(20-22-37(35)40)31-16-10-18-33-32-17-9-15-30(38(32)41-39(31)33)27-13-7-4-8-14-27/h3-25H,1-2H3. The summed E-state index contributed by atoms with van der Waals surface area (Å²) in [7, 11) is 0. The minimum atomic E-state index is 0.346. The smallest absolute Gasteiger partial charge is 0.143 e. The van der Waals surface area contributed by atoms with E-state index in [9.17, 15) is 0 Å². The van der Waals surface area contributed by atoms with Crippen LogP contribution in [0, 0.1) is 0 Å². The number of nitrogens with zero attached hydrogens (tertiary/aromatic N) is 1. The Hall–Kier alpha value is -5.08. The molecule has 0 aliphatic carbocycles. The minimum Gasteiger partial charge on any atom is -0.455 e. The number of aromatic nitrogens is 1. The SMILES string of the molecule is CC(C)n1c2ccc(-c3ccccc3)cc2c2cc(-c3cccc4c3oc3c(-c5ccccc5)cccc34)ccc21. The minimum absolute atomic E-state index is 0.346. The van der Waals surface area contributed by atoms with Gasteiger partial charge in [0.2, 0.25) is 0 Å². The van der Waals surface area contributed by atoms with Crippen LogP contribution in [0.3, 0.4) is 0 Å². The van der Waals surface area contributed by atoms with Crippen molar-refractivity contribution in [2.75, 3.05) is 0 Å². The monoisotopic (exact) mass is 527 g/mol. The molecule has 41 heavy (non-hydrogen) atoms. The third kappa shape index (κ3) is 3.72. The van der Waals surface area contributed by atoms with E-state index in [-0.39, 0.29) is 0 Å². The van der Waals surface area contributed by atoms with Gasteiger partial charge in [0.25, 0.3) is 0 Å². The molecule has 0 unspecified atom stereocenters. The van der Waals surface area contributed by atoms with Crippen LogP contribution in [-0.2, 0) is 0 Å². The molecule has 6 aromatic carbocycles. The Morgan fingerprint density at radius 1 is 0.439 bits per heavy atom. The Labute approximate surface area is 239 Å². The first kappa shape index (κ1) is 23.8. The maximum absolute atomic E-state index is 6.74. The number of para-hydroxylation sites is 2. The molecule has 0 N–H and O–H groups in total. The second kappa shape index (κ2) is 9.25. The molecule has 0 saturated carbocycles. The van der Waals surface area contributed by atoms with Crippen molar-refractivity contribution in [2.45, 2.75) is 19.9 Å². The van der Waals surface area contributed by atoms with Gasteiger partial charge in [-0.05, 0) is 60.4 Å². The molecule has 196 valence electrons. The fourth-order valence-corrected chi connectivity index (χ4v) is 6.48. The quantitative estimate of drug-likeness (QED) is 0.223. The zero-order valence-corrected chi connectivity index (χ0v) is 23.1. The van der Waals surface area contributed by atoms with E-state index in [1.807, 2.05) is 0 Å². The van der Waals surface area contributed by atoms with Crippen molar-refractivity contribution < 1.29 is 4.42 Å². The van der Waals surface area contributed by atoms with Crippen LogP contribution in [0.4, 0.5) is 0 Å². The zero-order chi connectivity index (χ0) is 27.5. The third-order valence-corrected chi connectivity index (χ3v) is 8.35. The molecule has 2 heteroatoms. The molecule has 2 nitrogen and oxygen atoms in total. The lowest BCUT2D eigenvalue weighted by Gasteiger charge is -2.12. The number of furan rings is 1. The van der Waals surface area contributed by atoms with Crippen molar-refractivity contribution in [2.24, 2.45) is 0 Å².